The number of halogens is 1. The monoisotopic (exact) mass is 285 g/mol. The summed E-state index contributed by atoms with van der Waals surface area (Å²) in [6.45, 7) is 0.994. The highest BCUT2D eigenvalue weighted by atomic mass is 35.5. The lowest BCUT2D eigenvalue weighted by Gasteiger charge is -2.06. The molecule has 1 aromatic heterocycles. The molecule has 0 N–H and O–H groups in total. The van der Waals surface area contributed by atoms with E-state index in [0.29, 0.717) is 11.1 Å². The molecular formula is C12H16ClN3OS. The predicted molar refractivity (Wildman–Crippen MR) is 76.3 cm³/mol. The zero-order chi connectivity index (χ0) is 12.1. The Kier molecular flexibility index (Phi) is 6.18. The molecule has 0 aliphatic heterocycles. The normalized spacial score (nSPS) is 10.4. The van der Waals surface area contributed by atoms with Crippen LogP contribution in [0.5, 0.6) is 0 Å². The van der Waals surface area contributed by atoms with Crippen LogP contribution in [0.1, 0.15) is 0 Å². The van der Waals surface area contributed by atoms with E-state index in [1.54, 1.807) is 11.8 Å². The summed E-state index contributed by atoms with van der Waals surface area (Å²) in [6, 6.07) is 9.80. The minimum Gasteiger partial charge on any atom is -0.411 e. The van der Waals surface area contributed by atoms with Crippen LogP contribution in [0.2, 0.25) is 0 Å². The summed E-state index contributed by atoms with van der Waals surface area (Å²) in [6.07, 6.45) is 0. The fourth-order valence-electron chi connectivity index (χ4n) is 1.28. The fraction of sp³-hybridized carbons (Fsp3) is 0.333. The summed E-state index contributed by atoms with van der Waals surface area (Å²) in [5.74, 6) is 1.53. The number of thioether (sulfide) groups is 1. The molecule has 0 radical (unpaired) electrons. The maximum atomic E-state index is 5.57. The second-order valence-electron chi connectivity index (χ2n) is 3.89. The molecule has 2 rings (SSSR count). The van der Waals surface area contributed by atoms with Gasteiger partial charge in [0, 0.05) is 17.9 Å². The van der Waals surface area contributed by atoms with E-state index < -0.39 is 0 Å². The molecule has 0 saturated heterocycles. The molecule has 0 bridgehead atoms. The van der Waals surface area contributed by atoms with Gasteiger partial charge < -0.3 is 9.32 Å². The van der Waals surface area contributed by atoms with Gasteiger partial charge in [-0.25, -0.2) is 0 Å². The average Bonchev–Trinajstić information content (AvgIpc) is 2.78. The zero-order valence-corrected chi connectivity index (χ0v) is 12.0. The number of hydrogen-bond donors (Lipinski definition) is 0. The van der Waals surface area contributed by atoms with Crippen LogP contribution < -0.4 is 0 Å². The van der Waals surface area contributed by atoms with Crippen LogP contribution in [0.25, 0.3) is 11.5 Å². The van der Waals surface area contributed by atoms with Gasteiger partial charge in [-0.2, -0.15) is 0 Å². The summed E-state index contributed by atoms with van der Waals surface area (Å²) in [5, 5.41) is 8.68. The van der Waals surface area contributed by atoms with Crippen LogP contribution in [-0.2, 0) is 0 Å². The molecule has 18 heavy (non-hydrogen) atoms. The summed E-state index contributed by atoms with van der Waals surface area (Å²) in [4.78, 5) is 2.13. The lowest BCUT2D eigenvalue weighted by Crippen LogP contribution is -2.14. The van der Waals surface area contributed by atoms with Gasteiger partial charge in [0.05, 0.1) is 0 Å². The first kappa shape index (κ1) is 15.0. The van der Waals surface area contributed by atoms with Crippen molar-refractivity contribution in [3.63, 3.8) is 0 Å². The van der Waals surface area contributed by atoms with Crippen LogP contribution >= 0.6 is 24.2 Å². The van der Waals surface area contributed by atoms with Gasteiger partial charge in [-0.1, -0.05) is 30.0 Å². The number of nitrogens with zero attached hydrogens (tertiary/aromatic N) is 3. The second kappa shape index (κ2) is 7.41. The first-order valence-electron chi connectivity index (χ1n) is 5.42. The van der Waals surface area contributed by atoms with Crippen molar-refractivity contribution in [1.29, 1.82) is 0 Å². The van der Waals surface area contributed by atoms with Crippen molar-refractivity contribution < 1.29 is 4.42 Å². The Balaban J connectivity index is 0.00000162. The van der Waals surface area contributed by atoms with Crippen molar-refractivity contribution in [3.8, 4) is 11.5 Å². The summed E-state index contributed by atoms with van der Waals surface area (Å²) >= 11 is 1.58. The van der Waals surface area contributed by atoms with Crippen molar-refractivity contribution in [2.45, 2.75) is 5.22 Å². The summed E-state index contributed by atoms with van der Waals surface area (Å²) in [5.41, 5.74) is 0.958. The Morgan fingerprint density at radius 2 is 1.89 bits per heavy atom. The standard InChI is InChI=1S/C12H15N3OS.ClH/c1-15(2)8-9-17-12-14-13-11(16-12)10-6-4-3-5-7-10;/h3-7H,8-9H2,1-2H3;1H. The molecule has 4 nitrogen and oxygen atoms in total. The van der Waals surface area contributed by atoms with E-state index in [1.807, 2.05) is 44.4 Å². The molecule has 0 spiro atoms. The smallest absolute Gasteiger partial charge is 0.276 e. The molecule has 6 heteroatoms. The van der Waals surface area contributed by atoms with E-state index in [-0.39, 0.29) is 12.4 Å². The van der Waals surface area contributed by atoms with Gasteiger partial charge in [0.15, 0.2) is 0 Å². The van der Waals surface area contributed by atoms with Crippen molar-refractivity contribution >= 4 is 24.2 Å². The Bertz CT molecular complexity index is 461. The van der Waals surface area contributed by atoms with E-state index in [9.17, 15) is 0 Å². The zero-order valence-electron chi connectivity index (χ0n) is 10.4. The molecular weight excluding hydrogens is 270 g/mol. The minimum atomic E-state index is 0. The van der Waals surface area contributed by atoms with E-state index in [0.717, 1.165) is 17.9 Å². The van der Waals surface area contributed by atoms with Gasteiger partial charge in [0.2, 0.25) is 5.89 Å². The largest absolute Gasteiger partial charge is 0.411 e. The van der Waals surface area contributed by atoms with Crippen LogP contribution in [0, 0.1) is 0 Å². The molecule has 2 aromatic rings. The van der Waals surface area contributed by atoms with Gasteiger partial charge >= 0.3 is 0 Å². The van der Waals surface area contributed by atoms with Crippen molar-refractivity contribution in [2.75, 3.05) is 26.4 Å². The van der Waals surface area contributed by atoms with E-state index in [1.165, 1.54) is 0 Å². The van der Waals surface area contributed by atoms with Crippen molar-refractivity contribution in [3.05, 3.63) is 30.3 Å². The minimum absolute atomic E-state index is 0. The third-order valence-corrected chi connectivity index (χ3v) is 2.99. The molecule has 0 aliphatic carbocycles. The Morgan fingerprint density at radius 3 is 2.56 bits per heavy atom. The lowest BCUT2D eigenvalue weighted by atomic mass is 10.2. The molecule has 0 aliphatic rings. The van der Waals surface area contributed by atoms with Gasteiger partial charge in [0.25, 0.3) is 5.22 Å². The number of rotatable bonds is 5. The molecule has 0 saturated carbocycles. The maximum Gasteiger partial charge on any atom is 0.276 e. The molecule has 0 unspecified atom stereocenters. The van der Waals surface area contributed by atoms with E-state index in [2.05, 4.69) is 15.1 Å². The molecule has 98 valence electrons. The Hall–Kier alpha value is -1.04. The third-order valence-electron chi connectivity index (χ3n) is 2.19. The van der Waals surface area contributed by atoms with Gasteiger partial charge in [-0.05, 0) is 26.2 Å². The number of hydrogen-bond acceptors (Lipinski definition) is 5. The van der Waals surface area contributed by atoms with Crippen LogP contribution in [0.15, 0.2) is 40.0 Å². The van der Waals surface area contributed by atoms with Crippen molar-refractivity contribution in [2.24, 2.45) is 0 Å². The third kappa shape index (κ3) is 4.33. The first-order chi connectivity index (χ1) is 8.25. The highest BCUT2D eigenvalue weighted by Gasteiger charge is 2.08. The maximum absolute atomic E-state index is 5.57. The van der Waals surface area contributed by atoms with Crippen LogP contribution in [0.3, 0.4) is 0 Å². The van der Waals surface area contributed by atoms with Crippen LogP contribution in [-0.4, -0.2) is 41.5 Å². The number of benzene rings is 1. The Labute approximate surface area is 117 Å². The first-order valence-corrected chi connectivity index (χ1v) is 6.41. The summed E-state index contributed by atoms with van der Waals surface area (Å²) < 4.78 is 5.57. The SMILES string of the molecule is CN(C)CCSc1nnc(-c2ccccc2)o1.Cl. The van der Waals surface area contributed by atoms with Gasteiger partial charge in [-0.15, -0.1) is 22.6 Å². The molecule has 0 atom stereocenters. The topological polar surface area (TPSA) is 42.2 Å². The molecule has 1 heterocycles. The Morgan fingerprint density at radius 1 is 1.17 bits per heavy atom. The van der Waals surface area contributed by atoms with Crippen molar-refractivity contribution in [1.82, 2.24) is 15.1 Å². The fourth-order valence-corrected chi connectivity index (χ4v) is 2.15. The van der Waals surface area contributed by atoms with E-state index >= 15 is 0 Å². The van der Waals surface area contributed by atoms with Gasteiger partial charge in [0.1, 0.15) is 0 Å². The quantitative estimate of drug-likeness (QED) is 0.790. The predicted octanol–water partition coefficient (Wildman–Crippen LogP) is 2.81. The highest BCUT2D eigenvalue weighted by Crippen LogP contribution is 2.22. The van der Waals surface area contributed by atoms with Crippen LogP contribution in [0.4, 0.5) is 0 Å². The second-order valence-corrected chi connectivity index (χ2v) is 4.94. The molecule has 1 aromatic carbocycles. The van der Waals surface area contributed by atoms with E-state index in [4.69, 9.17) is 4.42 Å². The molecule has 0 fully saturated rings. The summed E-state index contributed by atoms with van der Waals surface area (Å²) in [7, 11) is 4.09. The average molecular weight is 286 g/mol. The highest BCUT2D eigenvalue weighted by molar-refractivity contribution is 7.99. The van der Waals surface area contributed by atoms with Gasteiger partial charge in [-0.3, -0.25) is 0 Å². The molecule has 0 amide bonds. The lowest BCUT2D eigenvalue weighted by molar-refractivity contribution is 0.434. The number of aromatic nitrogens is 2.